The van der Waals surface area contributed by atoms with E-state index < -0.39 is 0 Å². The first-order chi connectivity index (χ1) is 8.22. The van der Waals surface area contributed by atoms with Crippen LogP contribution in [-0.4, -0.2) is 23.9 Å². The molecule has 2 N–H and O–H groups in total. The molecule has 0 spiro atoms. The molecule has 0 aromatic heterocycles. The van der Waals surface area contributed by atoms with E-state index in [0.29, 0.717) is 12.6 Å². The van der Waals surface area contributed by atoms with Crippen LogP contribution in [-0.2, 0) is 6.54 Å². The zero-order valence-electron chi connectivity index (χ0n) is 10.4. The van der Waals surface area contributed by atoms with E-state index in [9.17, 15) is 4.79 Å². The third kappa shape index (κ3) is 2.67. The third-order valence-corrected chi connectivity index (χ3v) is 3.63. The Morgan fingerprint density at radius 3 is 2.41 bits per heavy atom. The zero-order valence-corrected chi connectivity index (χ0v) is 10.4. The van der Waals surface area contributed by atoms with Crippen LogP contribution >= 0.6 is 0 Å². The second-order valence-electron chi connectivity index (χ2n) is 4.76. The van der Waals surface area contributed by atoms with Crippen LogP contribution in [0.5, 0.6) is 0 Å². The standard InChI is InChI=1S/C14H20N2O/c1-16(13-4-2-3-5-13)14(17)12-8-6-11(10-15)7-9-12/h6-9,13H,2-5,10,15H2,1H3. The number of hydrogen-bond donors (Lipinski definition) is 1. The molecule has 1 aromatic rings. The second kappa shape index (κ2) is 5.32. The van der Waals surface area contributed by atoms with Crippen molar-refractivity contribution in [3.63, 3.8) is 0 Å². The van der Waals surface area contributed by atoms with Gasteiger partial charge >= 0.3 is 0 Å². The lowest BCUT2D eigenvalue weighted by molar-refractivity contribution is 0.0735. The highest BCUT2D eigenvalue weighted by molar-refractivity contribution is 5.94. The number of carbonyl (C=O) groups is 1. The predicted octanol–water partition coefficient (Wildman–Crippen LogP) is 2.16. The fourth-order valence-corrected chi connectivity index (χ4v) is 2.44. The fourth-order valence-electron chi connectivity index (χ4n) is 2.44. The molecule has 0 unspecified atom stereocenters. The zero-order chi connectivity index (χ0) is 12.3. The summed E-state index contributed by atoms with van der Waals surface area (Å²) < 4.78 is 0. The summed E-state index contributed by atoms with van der Waals surface area (Å²) in [4.78, 5) is 14.1. The Bertz CT molecular complexity index is 380. The average Bonchev–Trinajstić information content (AvgIpc) is 2.91. The van der Waals surface area contributed by atoms with Gasteiger partial charge in [0.1, 0.15) is 0 Å². The summed E-state index contributed by atoms with van der Waals surface area (Å²) in [7, 11) is 1.91. The Morgan fingerprint density at radius 2 is 1.88 bits per heavy atom. The molecule has 3 nitrogen and oxygen atoms in total. The van der Waals surface area contributed by atoms with Crippen molar-refractivity contribution in [3.8, 4) is 0 Å². The minimum absolute atomic E-state index is 0.125. The van der Waals surface area contributed by atoms with Crippen LogP contribution < -0.4 is 5.73 Å². The molecular weight excluding hydrogens is 212 g/mol. The SMILES string of the molecule is CN(C(=O)c1ccc(CN)cc1)C1CCCC1. The molecule has 3 heteroatoms. The Hall–Kier alpha value is -1.35. The van der Waals surface area contributed by atoms with Gasteiger partial charge in [0.15, 0.2) is 0 Å². The van der Waals surface area contributed by atoms with Crippen molar-refractivity contribution in [2.75, 3.05) is 7.05 Å². The fraction of sp³-hybridized carbons (Fsp3) is 0.500. The highest BCUT2D eigenvalue weighted by atomic mass is 16.2. The molecule has 2 rings (SSSR count). The monoisotopic (exact) mass is 232 g/mol. The van der Waals surface area contributed by atoms with E-state index in [1.165, 1.54) is 12.8 Å². The quantitative estimate of drug-likeness (QED) is 0.868. The van der Waals surface area contributed by atoms with E-state index in [4.69, 9.17) is 5.73 Å². The van der Waals surface area contributed by atoms with Gasteiger partial charge in [-0.2, -0.15) is 0 Å². The van der Waals surface area contributed by atoms with E-state index in [1.54, 1.807) is 0 Å². The molecule has 0 atom stereocenters. The summed E-state index contributed by atoms with van der Waals surface area (Å²) in [6, 6.07) is 8.02. The molecule has 0 heterocycles. The molecule has 92 valence electrons. The molecule has 1 aliphatic carbocycles. The van der Waals surface area contributed by atoms with E-state index >= 15 is 0 Å². The molecular formula is C14H20N2O. The Kier molecular flexibility index (Phi) is 3.79. The van der Waals surface area contributed by atoms with Crippen molar-refractivity contribution in [3.05, 3.63) is 35.4 Å². The molecule has 0 aliphatic heterocycles. The minimum atomic E-state index is 0.125. The smallest absolute Gasteiger partial charge is 0.253 e. The lowest BCUT2D eigenvalue weighted by Crippen LogP contribution is -2.35. The van der Waals surface area contributed by atoms with Crippen LogP contribution in [0.2, 0.25) is 0 Å². The summed E-state index contributed by atoms with van der Waals surface area (Å²) in [5.41, 5.74) is 7.36. The van der Waals surface area contributed by atoms with Crippen LogP contribution in [0.3, 0.4) is 0 Å². The van der Waals surface area contributed by atoms with Gasteiger partial charge in [0.05, 0.1) is 0 Å². The summed E-state index contributed by atoms with van der Waals surface area (Å²) in [6.45, 7) is 0.521. The third-order valence-electron chi connectivity index (χ3n) is 3.63. The molecule has 17 heavy (non-hydrogen) atoms. The van der Waals surface area contributed by atoms with Gasteiger partial charge in [0.25, 0.3) is 5.91 Å². The molecule has 1 amide bonds. The maximum atomic E-state index is 12.2. The van der Waals surface area contributed by atoms with Gasteiger partial charge in [-0.3, -0.25) is 4.79 Å². The number of benzene rings is 1. The molecule has 1 fully saturated rings. The largest absolute Gasteiger partial charge is 0.339 e. The Labute approximate surface area is 103 Å². The van der Waals surface area contributed by atoms with E-state index in [2.05, 4.69) is 0 Å². The van der Waals surface area contributed by atoms with Gasteiger partial charge in [-0.25, -0.2) is 0 Å². The average molecular weight is 232 g/mol. The lowest BCUT2D eigenvalue weighted by atomic mass is 10.1. The number of amides is 1. The molecule has 0 radical (unpaired) electrons. The Balaban J connectivity index is 2.07. The van der Waals surface area contributed by atoms with Crippen LogP contribution in [0.15, 0.2) is 24.3 Å². The van der Waals surface area contributed by atoms with Crippen molar-refractivity contribution < 1.29 is 4.79 Å². The minimum Gasteiger partial charge on any atom is -0.339 e. The first-order valence-corrected chi connectivity index (χ1v) is 6.28. The normalized spacial score (nSPS) is 16.1. The topological polar surface area (TPSA) is 46.3 Å². The first kappa shape index (κ1) is 12.1. The van der Waals surface area contributed by atoms with Gasteiger partial charge in [-0.1, -0.05) is 25.0 Å². The number of hydrogen-bond acceptors (Lipinski definition) is 2. The van der Waals surface area contributed by atoms with Gasteiger partial charge < -0.3 is 10.6 Å². The van der Waals surface area contributed by atoms with Crippen molar-refractivity contribution in [2.24, 2.45) is 5.73 Å². The van der Waals surface area contributed by atoms with E-state index in [0.717, 1.165) is 24.0 Å². The molecule has 1 saturated carbocycles. The number of carbonyl (C=O) groups excluding carboxylic acids is 1. The molecule has 0 bridgehead atoms. The van der Waals surface area contributed by atoms with Crippen molar-refractivity contribution in [1.82, 2.24) is 4.90 Å². The van der Waals surface area contributed by atoms with Crippen LogP contribution in [0.1, 0.15) is 41.6 Å². The maximum Gasteiger partial charge on any atom is 0.253 e. The van der Waals surface area contributed by atoms with Crippen LogP contribution in [0.4, 0.5) is 0 Å². The summed E-state index contributed by atoms with van der Waals surface area (Å²) in [6.07, 6.45) is 4.77. The highest BCUT2D eigenvalue weighted by Crippen LogP contribution is 2.23. The van der Waals surface area contributed by atoms with Gasteiger partial charge in [-0.15, -0.1) is 0 Å². The van der Waals surface area contributed by atoms with E-state index in [1.807, 2.05) is 36.2 Å². The number of nitrogens with two attached hydrogens (primary N) is 1. The lowest BCUT2D eigenvalue weighted by Gasteiger charge is -2.24. The van der Waals surface area contributed by atoms with Crippen molar-refractivity contribution in [1.29, 1.82) is 0 Å². The first-order valence-electron chi connectivity index (χ1n) is 6.28. The highest BCUT2D eigenvalue weighted by Gasteiger charge is 2.23. The van der Waals surface area contributed by atoms with Crippen LogP contribution in [0, 0.1) is 0 Å². The summed E-state index contributed by atoms with van der Waals surface area (Å²) >= 11 is 0. The second-order valence-corrected chi connectivity index (χ2v) is 4.76. The van der Waals surface area contributed by atoms with Crippen molar-refractivity contribution >= 4 is 5.91 Å². The molecule has 0 saturated heterocycles. The van der Waals surface area contributed by atoms with Crippen LogP contribution in [0.25, 0.3) is 0 Å². The summed E-state index contributed by atoms with van der Waals surface area (Å²) in [5, 5.41) is 0. The number of nitrogens with zero attached hydrogens (tertiary/aromatic N) is 1. The molecule has 1 aromatic carbocycles. The number of rotatable bonds is 3. The van der Waals surface area contributed by atoms with Gasteiger partial charge in [0.2, 0.25) is 0 Å². The van der Waals surface area contributed by atoms with Crippen molar-refractivity contribution in [2.45, 2.75) is 38.3 Å². The van der Waals surface area contributed by atoms with Gasteiger partial charge in [-0.05, 0) is 30.5 Å². The van der Waals surface area contributed by atoms with Gasteiger partial charge in [0, 0.05) is 25.2 Å². The maximum absolute atomic E-state index is 12.2. The Morgan fingerprint density at radius 1 is 1.29 bits per heavy atom. The summed E-state index contributed by atoms with van der Waals surface area (Å²) in [5.74, 6) is 0.125. The van der Waals surface area contributed by atoms with E-state index in [-0.39, 0.29) is 5.91 Å². The predicted molar refractivity (Wildman–Crippen MR) is 68.7 cm³/mol. The molecule has 1 aliphatic rings.